The first-order valence-corrected chi connectivity index (χ1v) is 17.5. The van der Waals surface area contributed by atoms with Crippen molar-refractivity contribution in [2.75, 3.05) is 52.9 Å². The molecule has 2 N–H and O–H groups in total. The molecule has 53 heavy (non-hydrogen) atoms. The van der Waals surface area contributed by atoms with Crippen molar-refractivity contribution < 1.29 is 23.7 Å². The van der Waals surface area contributed by atoms with Crippen molar-refractivity contribution in [3.8, 4) is 57.1 Å². The largest absolute Gasteiger partial charge is 0.487 e. The molecule has 10 rings (SSSR count). The third-order valence-electron chi connectivity index (χ3n) is 9.33. The summed E-state index contributed by atoms with van der Waals surface area (Å²) >= 11 is 0. The lowest BCUT2D eigenvalue weighted by molar-refractivity contribution is 0.00708. The van der Waals surface area contributed by atoms with Gasteiger partial charge < -0.3 is 33.7 Å². The molecule has 0 aliphatic carbocycles. The van der Waals surface area contributed by atoms with Gasteiger partial charge in [-0.15, -0.1) is 0 Å². The first kappa shape index (κ1) is 31.5. The minimum absolute atomic E-state index is 0.317. The van der Waals surface area contributed by atoms with Gasteiger partial charge in [0.25, 0.3) is 0 Å². The molecule has 0 amide bonds. The molecule has 13 nitrogen and oxygen atoms in total. The maximum atomic E-state index is 6.27. The summed E-state index contributed by atoms with van der Waals surface area (Å²) in [6.45, 7) is 3.32. The molecule has 0 saturated carbocycles. The van der Waals surface area contributed by atoms with Crippen molar-refractivity contribution in [1.82, 2.24) is 39.9 Å². The van der Waals surface area contributed by atoms with Crippen LogP contribution in [0.5, 0.6) is 11.5 Å². The van der Waals surface area contributed by atoms with E-state index in [1.807, 2.05) is 84.9 Å². The van der Waals surface area contributed by atoms with Gasteiger partial charge in [0.1, 0.15) is 35.8 Å². The summed E-state index contributed by atoms with van der Waals surface area (Å²) in [5.74, 6) is 3.21. The van der Waals surface area contributed by atoms with Gasteiger partial charge in [-0.2, -0.15) is 0 Å². The summed E-state index contributed by atoms with van der Waals surface area (Å²) in [7, 11) is 0. The van der Waals surface area contributed by atoms with Crippen LogP contribution in [0.2, 0.25) is 0 Å². The van der Waals surface area contributed by atoms with Crippen molar-refractivity contribution >= 4 is 44.1 Å². The molecule has 0 radical (unpaired) electrons. The van der Waals surface area contributed by atoms with Gasteiger partial charge in [-0.25, -0.2) is 29.9 Å². The molecule has 13 heteroatoms. The summed E-state index contributed by atoms with van der Waals surface area (Å²) in [6, 6.07) is 27.8. The van der Waals surface area contributed by atoms with Gasteiger partial charge in [0.15, 0.2) is 34.8 Å². The Morgan fingerprint density at radius 1 is 0.358 bits per heavy atom. The molecule has 262 valence electrons. The fourth-order valence-electron chi connectivity index (χ4n) is 6.84. The van der Waals surface area contributed by atoms with Crippen molar-refractivity contribution in [2.45, 2.75) is 0 Å². The first-order chi connectivity index (χ1) is 26.3. The van der Waals surface area contributed by atoms with Gasteiger partial charge in [-0.05, 0) is 12.1 Å². The Morgan fingerprint density at radius 2 is 0.679 bits per heavy atom. The fraction of sp³-hybridized carbons (Fsp3) is 0.200. The van der Waals surface area contributed by atoms with E-state index in [1.54, 1.807) is 0 Å². The van der Waals surface area contributed by atoms with Crippen LogP contribution in [0.4, 0.5) is 0 Å². The maximum Gasteiger partial charge on any atom is 0.164 e. The van der Waals surface area contributed by atoms with E-state index < -0.39 is 0 Å². The van der Waals surface area contributed by atoms with E-state index in [-0.39, 0.29) is 0 Å². The monoisotopic (exact) mass is 704 g/mol. The summed E-state index contributed by atoms with van der Waals surface area (Å²) in [4.78, 5) is 37.4. The van der Waals surface area contributed by atoms with E-state index in [4.69, 9.17) is 53.6 Å². The number of rotatable bonds is 0. The average molecular weight is 705 g/mol. The maximum absolute atomic E-state index is 6.27. The van der Waals surface area contributed by atoms with E-state index in [0.717, 1.165) is 43.8 Å². The highest BCUT2D eigenvalue weighted by molar-refractivity contribution is 6.07. The lowest BCUT2D eigenvalue weighted by Crippen LogP contribution is -2.13. The predicted molar refractivity (Wildman–Crippen MR) is 200 cm³/mol. The minimum atomic E-state index is 0.317. The van der Waals surface area contributed by atoms with Gasteiger partial charge in [-0.1, -0.05) is 72.8 Å². The SMILES string of the molecule is c1ccc2c(c1)-c1nc-2nc2[nH]c(nc3nc(nc4[nH]c(n1)c1ccccc41)-c1ccccc1-3)c1cc3c(cc21)OCCOCCOCCOCCO3. The predicted octanol–water partition coefficient (Wildman–Crippen LogP) is 6.69. The van der Waals surface area contributed by atoms with Crippen LogP contribution in [-0.4, -0.2) is 92.7 Å². The van der Waals surface area contributed by atoms with Gasteiger partial charge in [0.2, 0.25) is 0 Å². The molecule has 3 aromatic heterocycles. The van der Waals surface area contributed by atoms with E-state index in [1.165, 1.54) is 0 Å². The standard InChI is InChI=1S/C40H32N8O5/c1-2-8-24-23(7-1)33-41-34(24)43-36-26-10-4-6-12-28(26)38(45-36)47-40-30-22-32-31(52-19-17-50-15-13-49-14-16-51-18-20-53-32)21-29(30)39(48-40)46-37-27-11-5-3-9-25(27)35(42-33)44-37/h1-12,21-22H,13-20H2,(H2,41,42,43,44,45,46,47,48). The number of nitrogens with one attached hydrogen (secondary N) is 2. The Bertz CT molecular complexity index is 2530. The highest BCUT2D eigenvalue weighted by atomic mass is 16.6. The van der Waals surface area contributed by atoms with Crippen LogP contribution >= 0.6 is 0 Å². The fourth-order valence-corrected chi connectivity index (χ4v) is 6.84. The summed E-state index contributed by atoms with van der Waals surface area (Å²) in [5.41, 5.74) is 5.86. The Balaban J connectivity index is 1.26. The number of aromatic amines is 2. The molecule has 0 atom stereocenters. The Labute approximate surface area is 302 Å². The van der Waals surface area contributed by atoms with Crippen molar-refractivity contribution in [1.29, 1.82) is 0 Å². The van der Waals surface area contributed by atoms with Crippen molar-refractivity contribution in [2.24, 2.45) is 0 Å². The van der Waals surface area contributed by atoms with Crippen LogP contribution < -0.4 is 9.47 Å². The van der Waals surface area contributed by atoms with Crippen LogP contribution in [0.1, 0.15) is 0 Å². The summed E-state index contributed by atoms with van der Waals surface area (Å²) in [6.07, 6.45) is 0. The second-order valence-electron chi connectivity index (χ2n) is 12.6. The molecule has 0 spiro atoms. The number of hydrogen-bond donors (Lipinski definition) is 2. The van der Waals surface area contributed by atoms with Crippen LogP contribution in [0.3, 0.4) is 0 Å². The highest BCUT2D eigenvalue weighted by Crippen LogP contribution is 2.39. The summed E-state index contributed by atoms with van der Waals surface area (Å²) < 4.78 is 29.5. The molecule has 8 bridgehead atoms. The number of nitrogens with zero attached hydrogens (tertiary/aromatic N) is 6. The molecular formula is C40H32N8O5. The zero-order valence-electron chi connectivity index (χ0n) is 28.5. The zero-order chi connectivity index (χ0) is 35.1. The average Bonchev–Trinajstić information content (AvgIpc) is 3.91. The second kappa shape index (κ2) is 13.4. The number of hydrogen-bond acceptors (Lipinski definition) is 11. The highest BCUT2D eigenvalue weighted by Gasteiger charge is 2.23. The number of H-pyrrole nitrogens is 2. The quantitative estimate of drug-likeness (QED) is 0.173. The molecule has 0 unspecified atom stereocenters. The van der Waals surface area contributed by atoms with Gasteiger partial charge >= 0.3 is 0 Å². The van der Waals surface area contributed by atoms with E-state index >= 15 is 0 Å². The van der Waals surface area contributed by atoms with Crippen LogP contribution in [0.15, 0.2) is 84.9 Å². The number of ether oxygens (including phenoxy) is 5. The molecule has 0 saturated heterocycles. The normalized spacial score (nSPS) is 15.0. The van der Waals surface area contributed by atoms with E-state index in [9.17, 15) is 0 Å². The number of aromatic nitrogens is 8. The zero-order valence-corrected chi connectivity index (χ0v) is 28.5. The second-order valence-corrected chi connectivity index (χ2v) is 12.6. The van der Waals surface area contributed by atoms with Crippen LogP contribution in [0, 0.1) is 0 Å². The van der Waals surface area contributed by atoms with Crippen LogP contribution in [-0.2, 0) is 14.2 Å². The number of benzene rings is 4. The molecule has 3 aliphatic heterocycles. The molecule has 7 aromatic rings. The molecule has 0 fully saturated rings. The smallest absolute Gasteiger partial charge is 0.164 e. The summed E-state index contributed by atoms with van der Waals surface area (Å²) in [5, 5.41) is 3.38. The Morgan fingerprint density at radius 3 is 1.06 bits per heavy atom. The van der Waals surface area contributed by atoms with E-state index in [2.05, 4.69) is 9.97 Å². The Hall–Kier alpha value is -6.28. The van der Waals surface area contributed by atoms with Gasteiger partial charge in [0, 0.05) is 43.8 Å². The number of fused-ring (bicyclic) bond motifs is 21. The molecule has 4 aromatic carbocycles. The molecule has 6 heterocycles. The van der Waals surface area contributed by atoms with Gasteiger partial charge in [-0.3, -0.25) is 0 Å². The van der Waals surface area contributed by atoms with E-state index in [0.29, 0.717) is 110 Å². The van der Waals surface area contributed by atoms with Gasteiger partial charge in [0.05, 0.1) is 39.6 Å². The van der Waals surface area contributed by atoms with Crippen molar-refractivity contribution in [3.05, 3.63) is 84.9 Å². The van der Waals surface area contributed by atoms with Crippen LogP contribution in [0.25, 0.3) is 89.7 Å². The molecular weight excluding hydrogens is 672 g/mol. The Kier molecular flexibility index (Phi) is 7.93. The lowest BCUT2D eigenvalue weighted by Gasteiger charge is -2.13. The first-order valence-electron chi connectivity index (χ1n) is 17.5. The van der Waals surface area contributed by atoms with Crippen molar-refractivity contribution in [3.63, 3.8) is 0 Å². The minimum Gasteiger partial charge on any atom is -0.487 e. The topological polar surface area (TPSA) is 155 Å². The lowest BCUT2D eigenvalue weighted by atomic mass is 10.1. The third-order valence-corrected chi connectivity index (χ3v) is 9.33. The third kappa shape index (κ3) is 5.80. The molecule has 3 aliphatic rings.